The highest BCUT2D eigenvalue weighted by Crippen LogP contribution is 2.28. The van der Waals surface area contributed by atoms with Gasteiger partial charge in [0.05, 0.1) is 0 Å². The smallest absolute Gasteiger partial charge is 0.0345 e. The second-order valence-corrected chi connectivity index (χ2v) is 5.70. The first-order chi connectivity index (χ1) is 6.59. The molecule has 2 aromatic carbocycles. The monoisotopic (exact) mass is 408 g/mol. The third-order valence-electron chi connectivity index (χ3n) is 2.36. The minimum atomic E-state index is 1.33. The molecule has 0 amide bonds. The molecule has 0 nitrogen and oxygen atoms in total. The molecule has 0 radical (unpaired) electrons. The molecular weight excluding hydrogens is 398 g/mol. The summed E-state index contributed by atoms with van der Waals surface area (Å²) in [5, 5.41) is 2.72. The average Bonchev–Trinajstić information content (AvgIpc) is 2.16. The molecule has 0 saturated carbocycles. The van der Waals surface area contributed by atoms with E-state index in [2.05, 4.69) is 83.3 Å². The SMILES string of the molecule is Cc1ccc2cc(C)c(I)c(I)c2c1. The zero-order valence-electron chi connectivity index (χ0n) is 8.07. The molecule has 0 N–H and O–H groups in total. The van der Waals surface area contributed by atoms with Crippen molar-refractivity contribution in [2.24, 2.45) is 0 Å². The van der Waals surface area contributed by atoms with E-state index in [4.69, 9.17) is 0 Å². The molecule has 0 aliphatic heterocycles. The lowest BCUT2D eigenvalue weighted by Gasteiger charge is -2.07. The average molecular weight is 408 g/mol. The molecule has 0 aliphatic rings. The Bertz CT molecular complexity index is 501. The van der Waals surface area contributed by atoms with Crippen molar-refractivity contribution >= 4 is 56.0 Å². The van der Waals surface area contributed by atoms with Gasteiger partial charge >= 0.3 is 0 Å². The van der Waals surface area contributed by atoms with Crippen LogP contribution in [-0.2, 0) is 0 Å². The van der Waals surface area contributed by atoms with Crippen LogP contribution in [0.2, 0.25) is 0 Å². The van der Waals surface area contributed by atoms with Crippen LogP contribution in [-0.4, -0.2) is 0 Å². The van der Waals surface area contributed by atoms with E-state index in [1.807, 2.05) is 0 Å². The normalized spacial score (nSPS) is 10.9. The number of aryl methyl sites for hydroxylation is 2. The second kappa shape index (κ2) is 3.96. The molecule has 0 unspecified atom stereocenters. The fourth-order valence-electron chi connectivity index (χ4n) is 1.57. The molecule has 0 aromatic heterocycles. The Morgan fingerprint density at radius 3 is 2.36 bits per heavy atom. The van der Waals surface area contributed by atoms with Gasteiger partial charge in [-0.3, -0.25) is 0 Å². The number of hydrogen-bond donors (Lipinski definition) is 0. The van der Waals surface area contributed by atoms with E-state index >= 15 is 0 Å². The summed E-state index contributed by atoms with van der Waals surface area (Å²) in [6.07, 6.45) is 0. The van der Waals surface area contributed by atoms with Crippen LogP contribution in [0.15, 0.2) is 24.3 Å². The lowest BCUT2D eigenvalue weighted by atomic mass is 10.1. The number of benzene rings is 2. The molecule has 2 rings (SSSR count). The van der Waals surface area contributed by atoms with E-state index < -0.39 is 0 Å². The Morgan fingerprint density at radius 1 is 0.929 bits per heavy atom. The molecular formula is C12H10I2. The van der Waals surface area contributed by atoms with Gasteiger partial charge in [-0.25, -0.2) is 0 Å². The van der Waals surface area contributed by atoms with Gasteiger partial charge in [0.15, 0.2) is 0 Å². The quantitative estimate of drug-likeness (QED) is 0.557. The van der Waals surface area contributed by atoms with Crippen LogP contribution in [0.3, 0.4) is 0 Å². The van der Waals surface area contributed by atoms with E-state index in [1.54, 1.807) is 0 Å². The zero-order valence-corrected chi connectivity index (χ0v) is 12.4. The van der Waals surface area contributed by atoms with Gasteiger partial charge in [0, 0.05) is 7.14 Å². The molecule has 0 bridgehead atoms. The van der Waals surface area contributed by atoms with Gasteiger partial charge in [0.25, 0.3) is 0 Å². The summed E-state index contributed by atoms with van der Waals surface area (Å²) in [5.41, 5.74) is 2.70. The zero-order chi connectivity index (χ0) is 10.3. The molecule has 0 aliphatic carbocycles. The Kier molecular flexibility index (Phi) is 3.02. The molecule has 14 heavy (non-hydrogen) atoms. The van der Waals surface area contributed by atoms with Crippen molar-refractivity contribution in [1.29, 1.82) is 0 Å². The first-order valence-electron chi connectivity index (χ1n) is 4.44. The summed E-state index contributed by atoms with van der Waals surface area (Å²) in [6.45, 7) is 4.31. The van der Waals surface area contributed by atoms with E-state index in [0.29, 0.717) is 0 Å². The molecule has 0 heterocycles. The van der Waals surface area contributed by atoms with E-state index in [1.165, 1.54) is 29.0 Å². The second-order valence-electron chi connectivity index (χ2n) is 3.55. The van der Waals surface area contributed by atoms with Crippen molar-refractivity contribution in [3.63, 3.8) is 0 Å². The molecule has 0 fully saturated rings. The molecule has 2 heteroatoms. The number of fused-ring (bicyclic) bond motifs is 1. The molecule has 0 spiro atoms. The summed E-state index contributed by atoms with van der Waals surface area (Å²) >= 11 is 4.86. The van der Waals surface area contributed by atoms with Crippen LogP contribution >= 0.6 is 45.2 Å². The van der Waals surface area contributed by atoms with Crippen molar-refractivity contribution in [3.05, 3.63) is 42.5 Å². The molecule has 0 saturated heterocycles. The minimum Gasteiger partial charge on any atom is -0.0587 e. The maximum absolute atomic E-state index is 2.44. The van der Waals surface area contributed by atoms with Crippen LogP contribution in [0.1, 0.15) is 11.1 Å². The van der Waals surface area contributed by atoms with E-state index in [0.717, 1.165) is 0 Å². The predicted octanol–water partition coefficient (Wildman–Crippen LogP) is 4.67. The Labute approximate surface area is 111 Å². The van der Waals surface area contributed by atoms with Gasteiger partial charge in [-0.15, -0.1) is 0 Å². The van der Waals surface area contributed by atoms with Crippen LogP contribution in [0, 0.1) is 21.0 Å². The van der Waals surface area contributed by atoms with Crippen molar-refractivity contribution < 1.29 is 0 Å². The summed E-state index contributed by atoms with van der Waals surface area (Å²) in [6, 6.07) is 8.90. The Hall–Kier alpha value is 0.160. The standard InChI is InChI=1S/C12H10I2/c1-7-3-4-9-6-8(2)11(13)12(14)10(9)5-7/h3-6H,1-2H3. The van der Waals surface area contributed by atoms with Crippen molar-refractivity contribution in [2.75, 3.05) is 0 Å². The third-order valence-corrected chi connectivity index (χ3v) is 5.90. The van der Waals surface area contributed by atoms with Crippen molar-refractivity contribution in [3.8, 4) is 0 Å². The van der Waals surface area contributed by atoms with Gasteiger partial charge in [-0.1, -0.05) is 29.8 Å². The number of rotatable bonds is 0. The topological polar surface area (TPSA) is 0 Å². The van der Waals surface area contributed by atoms with Gasteiger partial charge in [-0.2, -0.15) is 0 Å². The maximum Gasteiger partial charge on any atom is 0.0345 e. The van der Waals surface area contributed by atoms with E-state index in [9.17, 15) is 0 Å². The van der Waals surface area contributed by atoms with Gasteiger partial charge in [0.1, 0.15) is 0 Å². The fourth-order valence-corrected chi connectivity index (χ4v) is 2.91. The van der Waals surface area contributed by atoms with Crippen molar-refractivity contribution in [2.45, 2.75) is 13.8 Å². The van der Waals surface area contributed by atoms with E-state index in [-0.39, 0.29) is 0 Å². The number of hydrogen-bond acceptors (Lipinski definition) is 0. The fraction of sp³-hybridized carbons (Fsp3) is 0.167. The lowest BCUT2D eigenvalue weighted by molar-refractivity contribution is 1.42. The number of halogens is 2. The summed E-state index contributed by atoms with van der Waals surface area (Å²) in [7, 11) is 0. The van der Waals surface area contributed by atoms with Gasteiger partial charge in [-0.05, 0) is 75.4 Å². The van der Waals surface area contributed by atoms with Crippen LogP contribution in [0.25, 0.3) is 10.8 Å². The first-order valence-corrected chi connectivity index (χ1v) is 6.60. The minimum absolute atomic E-state index is 1.33. The van der Waals surface area contributed by atoms with Gasteiger partial charge < -0.3 is 0 Å². The maximum atomic E-state index is 2.44. The lowest BCUT2D eigenvalue weighted by Crippen LogP contribution is -1.88. The highest BCUT2D eigenvalue weighted by Gasteiger charge is 2.05. The predicted molar refractivity (Wildman–Crippen MR) is 78.9 cm³/mol. The van der Waals surface area contributed by atoms with Crippen LogP contribution < -0.4 is 0 Å². The van der Waals surface area contributed by atoms with Crippen LogP contribution in [0.5, 0.6) is 0 Å². The molecule has 72 valence electrons. The molecule has 2 aromatic rings. The largest absolute Gasteiger partial charge is 0.0587 e. The summed E-state index contributed by atoms with van der Waals surface area (Å²) in [5.74, 6) is 0. The summed E-state index contributed by atoms with van der Waals surface area (Å²) in [4.78, 5) is 0. The van der Waals surface area contributed by atoms with Crippen LogP contribution in [0.4, 0.5) is 0 Å². The van der Waals surface area contributed by atoms with Crippen molar-refractivity contribution in [1.82, 2.24) is 0 Å². The highest BCUT2D eigenvalue weighted by atomic mass is 127. The van der Waals surface area contributed by atoms with Gasteiger partial charge in [0.2, 0.25) is 0 Å². The Morgan fingerprint density at radius 2 is 1.64 bits per heavy atom. The molecule has 0 atom stereocenters. The Balaban J connectivity index is 2.92. The first kappa shape index (κ1) is 10.7. The highest BCUT2D eigenvalue weighted by molar-refractivity contribution is 14.1. The third kappa shape index (κ3) is 1.78. The summed E-state index contributed by atoms with van der Waals surface area (Å²) < 4.78 is 2.75.